The van der Waals surface area contributed by atoms with E-state index in [2.05, 4.69) is 0 Å². The van der Waals surface area contributed by atoms with E-state index in [0.717, 1.165) is 0 Å². The zero-order valence-electron chi connectivity index (χ0n) is 1.67. The Morgan fingerprint density at radius 1 is 0.500 bits per heavy atom. The maximum Gasteiger partial charge on any atom is 0 e. The van der Waals surface area contributed by atoms with Gasteiger partial charge in [-0.1, -0.05) is 0 Å². The SMILES string of the molecule is [Rh].[V].[V].[V]. The van der Waals surface area contributed by atoms with E-state index in [-0.39, 0.29) is 75.1 Å². The van der Waals surface area contributed by atoms with E-state index in [9.17, 15) is 0 Å². The van der Waals surface area contributed by atoms with Crippen LogP contribution in [0, 0.1) is 0 Å². The molecule has 0 rings (SSSR count). The van der Waals surface area contributed by atoms with E-state index < -0.39 is 0 Å². The van der Waals surface area contributed by atoms with E-state index in [1.807, 2.05) is 0 Å². The van der Waals surface area contributed by atoms with Crippen LogP contribution < -0.4 is 0 Å². The summed E-state index contributed by atoms with van der Waals surface area (Å²) in [6, 6.07) is 0. The summed E-state index contributed by atoms with van der Waals surface area (Å²) in [5, 5.41) is 0. The molecule has 0 aromatic rings. The summed E-state index contributed by atoms with van der Waals surface area (Å²) in [6.45, 7) is 0. The van der Waals surface area contributed by atoms with Crippen LogP contribution in [0.5, 0.6) is 0 Å². The Balaban J connectivity index is 0. The van der Waals surface area contributed by atoms with Gasteiger partial charge in [0.1, 0.15) is 0 Å². The molecular weight excluding hydrogens is 256 g/mol. The van der Waals surface area contributed by atoms with Gasteiger partial charge >= 0.3 is 0 Å². The first kappa shape index (κ1) is 32.6. The van der Waals surface area contributed by atoms with Crippen molar-refractivity contribution in [3.8, 4) is 0 Å². The van der Waals surface area contributed by atoms with E-state index >= 15 is 0 Å². The second-order valence-electron chi connectivity index (χ2n) is 0. The van der Waals surface area contributed by atoms with Gasteiger partial charge in [0.05, 0.1) is 0 Å². The van der Waals surface area contributed by atoms with Gasteiger partial charge in [-0.15, -0.1) is 0 Å². The molecule has 0 aliphatic heterocycles. The molecule has 0 aliphatic rings. The first-order valence-corrected chi connectivity index (χ1v) is 0. The van der Waals surface area contributed by atoms with Crippen molar-refractivity contribution >= 4 is 0 Å². The van der Waals surface area contributed by atoms with Crippen LogP contribution in [0.3, 0.4) is 0 Å². The Morgan fingerprint density at radius 3 is 0.500 bits per heavy atom. The van der Waals surface area contributed by atoms with Gasteiger partial charge in [-0.3, -0.25) is 0 Å². The zero-order chi connectivity index (χ0) is 0. The van der Waals surface area contributed by atoms with Gasteiger partial charge in [0.25, 0.3) is 0 Å². The molecular formula is RhV3. The molecule has 0 unspecified atom stereocenters. The van der Waals surface area contributed by atoms with Gasteiger partial charge in [-0.05, 0) is 0 Å². The second kappa shape index (κ2) is 18.2. The minimum Gasteiger partial charge on any atom is 0 e. The standard InChI is InChI=1S/Rh.3V. The summed E-state index contributed by atoms with van der Waals surface area (Å²) >= 11 is 0. The predicted molar refractivity (Wildman–Crippen MR) is 0 cm³/mol. The van der Waals surface area contributed by atoms with Crippen LogP contribution in [0.1, 0.15) is 0 Å². The fourth-order valence-electron chi connectivity index (χ4n) is 0. The molecule has 0 fully saturated rings. The normalized spacial score (nSPS) is 0. The van der Waals surface area contributed by atoms with Crippen LogP contribution in [-0.2, 0) is 75.1 Å². The average molecular weight is 256 g/mol. The Hall–Kier alpha value is 2.38. The smallest absolute Gasteiger partial charge is 0 e. The summed E-state index contributed by atoms with van der Waals surface area (Å²) in [7, 11) is 0. The summed E-state index contributed by atoms with van der Waals surface area (Å²) in [5.74, 6) is 0. The second-order valence-corrected chi connectivity index (χ2v) is 0. The molecule has 0 aromatic carbocycles. The molecule has 4 heteroatoms. The molecule has 0 atom stereocenters. The molecule has 0 aliphatic carbocycles. The molecule has 0 aromatic heterocycles. The van der Waals surface area contributed by atoms with Crippen molar-refractivity contribution in [1.29, 1.82) is 0 Å². The average Bonchev–Trinajstić information content (AvgIpc) is 0. The molecule has 0 heterocycles. The number of hydrogen-bond acceptors (Lipinski definition) is 0. The van der Waals surface area contributed by atoms with Crippen molar-refractivity contribution in [2.75, 3.05) is 0 Å². The summed E-state index contributed by atoms with van der Waals surface area (Å²) in [5.41, 5.74) is 0. The third-order valence-electron chi connectivity index (χ3n) is 0. The van der Waals surface area contributed by atoms with E-state index in [1.165, 1.54) is 0 Å². The Kier molecular flexibility index (Phi) is 149. The van der Waals surface area contributed by atoms with Crippen molar-refractivity contribution in [3.63, 3.8) is 0 Å². The molecule has 0 spiro atoms. The topological polar surface area (TPSA) is 0 Å². The molecule has 24 valence electrons. The van der Waals surface area contributed by atoms with Crippen LogP contribution in [0.25, 0.3) is 0 Å². The maximum atomic E-state index is 0. The van der Waals surface area contributed by atoms with Gasteiger partial charge in [-0.2, -0.15) is 0 Å². The van der Waals surface area contributed by atoms with Gasteiger partial charge < -0.3 is 0 Å². The number of hydrogen-bond donors (Lipinski definition) is 0. The van der Waals surface area contributed by atoms with Gasteiger partial charge in [0, 0.05) is 75.1 Å². The van der Waals surface area contributed by atoms with E-state index in [1.54, 1.807) is 0 Å². The molecule has 0 N–H and O–H groups in total. The minimum atomic E-state index is 0. The van der Waals surface area contributed by atoms with E-state index in [0.29, 0.717) is 0 Å². The fraction of sp³-hybridized carbons (Fsp3) is 0. The first-order chi connectivity index (χ1) is 0. The van der Waals surface area contributed by atoms with Gasteiger partial charge in [0.2, 0.25) is 0 Å². The monoisotopic (exact) mass is 256 g/mol. The van der Waals surface area contributed by atoms with E-state index in [4.69, 9.17) is 0 Å². The molecule has 0 bridgehead atoms. The van der Waals surface area contributed by atoms with Crippen LogP contribution in [0.2, 0.25) is 0 Å². The third kappa shape index (κ3) is 8.83. The molecule has 0 saturated carbocycles. The third-order valence-corrected chi connectivity index (χ3v) is 0. The Bertz CT molecular complexity index is 3.25. The zero-order valence-corrected chi connectivity index (χ0v) is 7.50. The molecule has 4 radical (unpaired) electrons. The van der Waals surface area contributed by atoms with Crippen molar-refractivity contribution in [1.82, 2.24) is 0 Å². The largest absolute Gasteiger partial charge is 0 e. The van der Waals surface area contributed by atoms with Crippen molar-refractivity contribution in [3.05, 3.63) is 0 Å². The van der Waals surface area contributed by atoms with Crippen molar-refractivity contribution in [2.24, 2.45) is 0 Å². The predicted octanol–water partition coefficient (Wildman–Crippen LogP) is -0.0100. The van der Waals surface area contributed by atoms with Crippen molar-refractivity contribution in [2.45, 2.75) is 0 Å². The summed E-state index contributed by atoms with van der Waals surface area (Å²) < 4.78 is 0. The van der Waals surface area contributed by atoms with Crippen LogP contribution in [-0.4, -0.2) is 0 Å². The van der Waals surface area contributed by atoms with Crippen LogP contribution >= 0.6 is 0 Å². The molecule has 0 amide bonds. The number of rotatable bonds is 0. The quantitative estimate of drug-likeness (QED) is 0.534. The molecule has 0 saturated heterocycles. The van der Waals surface area contributed by atoms with Gasteiger partial charge in [0.15, 0.2) is 0 Å². The van der Waals surface area contributed by atoms with Gasteiger partial charge in [-0.25, -0.2) is 0 Å². The van der Waals surface area contributed by atoms with Crippen molar-refractivity contribution < 1.29 is 75.1 Å². The Morgan fingerprint density at radius 2 is 0.500 bits per heavy atom. The molecule has 0 nitrogen and oxygen atoms in total. The summed E-state index contributed by atoms with van der Waals surface area (Å²) in [6.07, 6.45) is 0. The van der Waals surface area contributed by atoms with Crippen LogP contribution in [0.4, 0.5) is 0 Å². The minimum absolute atomic E-state index is 0. The first-order valence-electron chi connectivity index (χ1n) is 0. The van der Waals surface area contributed by atoms with Crippen LogP contribution in [0.15, 0.2) is 0 Å². The molecule has 4 heavy (non-hydrogen) atoms. The Labute approximate surface area is 74.3 Å². The summed E-state index contributed by atoms with van der Waals surface area (Å²) in [4.78, 5) is 0. The fourth-order valence-corrected chi connectivity index (χ4v) is 0. The maximum absolute atomic E-state index is 0.